The number of rotatable bonds is 12. The smallest absolute Gasteiger partial charge is 0.335 e. The summed E-state index contributed by atoms with van der Waals surface area (Å²) in [6.07, 6.45) is 0. The summed E-state index contributed by atoms with van der Waals surface area (Å²) in [5.74, 6) is 0.330. The highest BCUT2D eigenvalue weighted by atomic mass is 16.5. The van der Waals surface area contributed by atoms with Crippen molar-refractivity contribution in [3.05, 3.63) is 237 Å². The molecule has 0 amide bonds. The van der Waals surface area contributed by atoms with Gasteiger partial charge in [-0.2, -0.15) is 0 Å². The first-order valence-corrected chi connectivity index (χ1v) is 24.2. The zero-order valence-electron chi connectivity index (χ0n) is 40.8. The Kier molecular flexibility index (Phi) is 11.4. The fraction of sp³-hybridized carbons (Fsp3) is 0. The number of carboxylic acids is 4. The summed E-state index contributed by atoms with van der Waals surface area (Å²) >= 11 is 0. The Labute approximate surface area is 450 Å². The molecule has 20 heteroatoms. The van der Waals surface area contributed by atoms with Gasteiger partial charge < -0.3 is 39.4 Å². The normalized spacial score (nSPS) is 14.0. The van der Waals surface area contributed by atoms with E-state index in [9.17, 15) is 39.6 Å². The standard InChI is InChI=1S/C60H32N8O12/c69-57(70)29-1-9-33(10-2-29)77-37-17-21-41-45(25-37)53-61-49(41)66-54-47-27-39(79-35-13-5-31(6-14-35)59(73)74)19-23-43(47)51(63-54)68-56-48-28-40(80-36-15-7-32(8-16-36)60(75)76)20-24-44(48)52(64-56)67-55-46-26-38(18-22-42(46)50(62-55)65-53)78-34-11-3-30(4-12-34)58(71)72/h1-28H,(H,69,70)(H,71,72)(H,73,74)(H,75,76). The SMILES string of the molecule is O=C(O)c1ccc(Oc2ccc3c(c2)C2=NC3=NC3=NC(=NC4=NC(=NC5=NC(=N2)c2ccc(Oc6ccc(C(=O)O)cc6)cc25)c2ccc(Oc5ccc(C(=O)O)cc5)cc24)c2ccc(Oc4ccc(C(=O)O)cc4)cc23)cc1. The average molecular weight is 1060 g/mol. The van der Waals surface area contributed by atoms with Crippen LogP contribution in [0.25, 0.3) is 0 Å². The van der Waals surface area contributed by atoms with Crippen LogP contribution in [0, 0.1) is 0 Å². The molecule has 5 heterocycles. The molecule has 0 saturated carbocycles. The minimum absolute atomic E-state index is 0.0903. The van der Waals surface area contributed by atoms with Gasteiger partial charge in [-0.05, 0) is 170 Å². The van der Waals surface area contributed by atoms with E-state index >= 15 is 0 Å². The number of carbonyl (C=O) groups is 4. The highest BCUT2D eigenvalue weighted by Crippen LogP contribution is 2.37. The minimum atomic E-state index is -1.08. The number of hydrogen-bond acceptors (Lipinski definition) is 16. The Hall–Kier alpha value is -11.8. The molecule has 0 radical (unpaired) electrons. The van der Waals surface area contributed by atoms with Crippen molar-refractivity contribution < 1.29 is 58.6 Å². The Bertz CT molecular complexity index is 3770. The fourth-order valence-electron chi connectivity index (χ4n) is 9.04. The third kappa shape index (κ3) is 9.06. The second-order valence-corrected chi connectivity index (χ2v) is 18.0. The van der Waals surface area contributed by atoms with E-state index in [2.05, 4.69) is 0 Å². The maximum atomic E-state index is 11.6. The molecule has 0 unspecified atom stereocenters. The zero-order valence-corrected chi connectivity index (χ0v) is 40.8. The zero-order chi connectivity index (χ0) is 54.8. The molecular formula is C60H32N8O12. The molecule has 0 saturated heterocycles. The van der Waals surface area contributed by atoms with Crippen LogP contribution in [0.1, 0.15) is 85.9 Å². The van der Waals surface area contributed by atoms with E-state index in [1.165, 1.54) is 48.5 Å². The highest BCUT2D eigenvalue weighted by molar-refractivity contribution is 6.35. The molecule has 0 aromatic heterocycles. The van der Waals surface area contributed by atoms with Crippen LogP contribution in [-0.2, 0) is 0 Å². The second-order valence-electron chi connectivity index (χ2n) is 18.0. The summed E-state index contributed by atoms with van der Waals surface area (Å²) in [7, 11) is 0. The quantitative estimate of drug-likeness (QED) is 0.0889. The van der Waals surface area contributed by atoms with E-state index in [-0.39, 0.29) is 68.9 Å². The second kappa shape index (κ2) is 19.1. The van der Waals surface area contributed by atoms with Crippen molar-refractivity contribution in [1.82, 2.24) is 0 Å². The Morgan fingerprint density at radius 1 is 0.225 bits per heavy atom. The van der Waals surface area contributed by atoms with Gasteiger partial charge in [0.25, 0.3) is 0 Å². The fourth-order valence-corrected chi connectivity index (χ4v) is 9.04. The Balaban J connectivity index is 0.973. The van der Waals surface area contributed by atoms with Gasteiger partial charge in [0.1, 0.15) is 46.0 Å². The molecule has 0 atom stereocenters. The summed E-state index contributed by atoms with van der Waals surface area (Å²) in [6.45, 7) is 0. The first kappa shape index (κ1) is 47.9. The van der Waals surface area contributed by atoms with Crippen molar-refractivity contribution in [2.24, 2.45) is 39.9 Å². The lowest BCUT2D eigenvalue weighted by molar-refractivity contribution is 0.0686. The van der Waals surface area contributed by atoms with E-state index in [0.29, 0.717) is 90.5 Å². The maximum absolute atomic E-state index is 11.6. The van der Waals surface area contributed by atoms with Crippen molar-refractivity contribution in [2.45, 2.75) is 0 Å². The summed E-state index contributed by atoms with van der Waals surface area (Å²) in [6, 6.07) is 44.8. The van der Waals surface area contributed by atoms with E-state index in [1.807, 2.05) is 0 Å². The molecule has 0 fully saturated rings. The molecule has 4 N–H and O–H groups in total. The van der Waals surface area contributed by atoms with Gasteiger partial charge in [0.2, 0.25) is 0 Å². The Morgan fingerprint density at radius 2 is 0.388 bits per heavy atom. The van der Waals surface area contributed by atoms with Gasteiger partial charge in [0.15, 0.2) is 46.7 Å². The molecule has 20 nitrogen and oxygen atoms in total. The number of nitrogens with zero attached hydrogens (tertiary/aromatic N) is 8. The van der Waals surface area contributed by atoms with Gasteiger partial charge in [-0.25, -0.2) is 59.1 Å². The lowest BCUT2D eigenvalue weighted by Crippen LogP contribution is -2.03. The number of amidine groups is 8. The van der Waals surface area contributed by atoms with Gasteiger partial charge in [-0.15, -0.1) is 0 Å². The highest BCUT2D eigenvalue weighted by Gasteiger charge is 2.33. The number of ether oxygens (including phenoxy) is 4. The van der Waals surface area contributed by atoms with Crippen molar-refractivity contribution in [3.8, 4) is 46.0 Å². The van der Waals surface area contributed by atoms with E-state index < -0.39 is 23.9 Å². The molecule has 5 aliphatic heterocycles. The van der Waals surface area contributed by atoms with Gasteiger partial charge in [0, 0.05) is 44.5 Å². The first-order valence-electron chi connectivity index (χ1n) is 24.2. The molecule has 8 bridgehead atoms. The third-order valence-electron chi connectivity index (χ3n) is 12.9. The van der Waals surface area contributed by atoms with Crippen LogP contribution in [0.15, 0.2) is 210 Å². The van der Waals surface area contributed by atoms with Crippen LogP contribution in [0.2, 0.25) is 0 Å². The number of aliphatic imine (C=N–C) groups is 8. The van der Waals surface area contributed by atoms with Gasteiger partial charge in [0.05, 0.1) is 22.3 Å². The number of benzene rings is 8. The molecule has 0 aliphatic carbocycles. The van der Waals surface area contributed by atoms with E-state index in [1.54, 1.807) is 121 Å². The topological polar surface area (TPSA) is 285 Å². The van der Waals surface area contributed by atoms with Crippen LogP contribution >= 0.6 is 0 Å². The van der Waals surface area contributed by atoms with Crippen LogP contribution in [0.4, 0.5) is 0 Å². The van der Waals surface area contributed by atoms with Gasteiger partial charge >= 0.3 is 23.9 Å². The van der Waals surface area contributed by atoms with Crippen LogP contribution in [0.3, 0.4) is 0 Å². The summed E-state index contributed by atoms with van der Waals surface area (Å²) in [5.41, 5.74) is 4.57. The minimum Gasteiger partial charge on any atom is -0.478 e. The number of hydrogen-bond donors (Lipinski definition) is 4. The van der Waals surface area contributed by atoms with E-state index in [0.717, 1.165) is 0 Å². The lowest BCUT2D eigenvalue weighted by Gasteiger charge is -2.09. The molecule has 8 aromatic rings. The molecule has 80 heavy (non-hydrogen) atoms. The molecule has 13 rings (SSSR count). The molecular weight excluding hydrogens is 1020 g/mol. The van der Waals surface area contributed by atoms with Gasteiger partial charge in [-0.1, -0.05) is 0 Å². The predicted octanol–water partition coefficient (Wildman–Crippen LogP) is 10.8. The lowest BCUT2D eigenvalue weighted by atomic mass is 10.1. The predicted molar refractivity (Wildman–Crippen MR) is 292 cm³/mol. The van der Waals surface area contributed by atoms with Crippen molar-refractivity contribution in [2.75, 3.05) is 0 Å². The van der Waals surface area contributed by atoms with Crippen molar-refractivity contribution >= 4 is 70.6 Å². The average Bonchev–Trinajstić information content (AvgIpc) is 4.31. The maximum Gasteiger partial charge on any atom is 0.335 e. The summed E-state index contributed by atoms with van der Waals surface area (Å²) < 4.78 is 24.9. The summed E-state index contributed by atoms with van der Waals surface area (Å²) in [4.78, 5) is 86.8. The molecule has 384 valence electrons. The van der Waals surface area contributed by atoms with Crippen LogP contribution < -0.4 is 18.9 Å². The number of carboxylic acid groups (broad SMARTS) is 4. The number of aromatic carboxylic acids is 4. The van der Waals surface area contributed by atoms with E-state index in [4.69, 9.17) is 58.9 Å². The van der Waals surface area contributed by atoms with Crippen LogP contribution in [0.5, 0.6) is 46.0 Å². The molecule has 5 aliphatic rings. The van der Waals surface area contributed by atoms with Crippen molar-refractivity contribution in [3.63, 3.8) is 0 Å². The largest absolute Gasteiger partial charge is 0.478 e. The van der Waals surface area contributed by atoms with Crippen LogP contribution in [-0.4, -0.2) is 91.0 Å². The first-order chi connectivity index (χ1) is 38.8. The summed E-state index contributed by atoms with van der Waals surface area (Å²) in [5, 5.41) is 38.0. The molecule has 8 aromatic carbocycles. The Morgan fingerprint density at radius 3 is 0.562 bits per heavy atom. The monoisotopic (exact) mass is 1060 g/mol. The van der Waals surface area contributed by atoms with Crippen molar-refractivity contribution in [1.29, 1.82) is 0 Å². The molecule has 0 spiro atoms. The van der Waals surface area contributed by atoms with Gasteiger partial charge in [-0.3, -0.25) is 0 Å². The third-order valence-corrected chi connectivity index (χ3v) is 12.9. The number of fused-ring (bicyclic) bond motifs is 16.